The monoisotopic (exact) mass is 248 g/mol. The predicted molar refractivity (Wildman–Crippen MR) is 70.5 cm³/mol. The smallest absolute Gasteiger partial charge is 0.248 e. The summed E-state index contributed by atoms with van der Waals surface area (Å²) in [4.78, 5) is 11.3. The average Bonchev–Trinajstić information content (AvgIpc) is 2.33. The van der Waals surface area contributed by atoms with E-state index in [2.05, 4.69) is 13.8 Å². The van der Waals surface area contributed by atoms with E-state index in [0.717, 1.165) is 12.0 Å². The number of hydrogen-bond donors (Lipinski definition) is 2. The van der Waals surface area contributed by atoms with Crippen LogP contribution in [0.4, 0.5) is 0 Å². The molecule has 1 aromatic carbocycles. The highest BCUT2D eigenvalue weighted by Gasteiger charge is 2.40. The van der Waals surface area contributed by atoms with Gasteiger partial charge in [0.05, 0.1) is 6.10 Å². The molecule has 1 aliphatic carbocycles. The van der Waals surface area contributed by atoms with Crippen LogP contribution in [0.15, 0.2) is 18.2 Å². The first-order valence-corrected chi connectivity index (χ1v) is 6.09. The van der Waals surface area contributed by atoms with Gasteiger partial charge in [0.2, 0.25) is 5.91 Å². The molecule has 0 unspecified atom stereocenters. The molecular weight excluding hydrogens is 228 g/mol. The van der Waals surface area contributed by atoms with Crippen LogP contribution >= 0.6 is 0 Å². The van der Waals surface area contributed by atoms with Crippen molar-refractivity contribution in [3.63, 3.8) is 0 Å². The molecule has 2 atom stereocenters. The molecule has 0 saturated heterocycles. The van der Waals surface area contributed by atoms with Crippen LogP contribution in [0.5, 0.6) is 0 Å². The average molecular weight is 248 g/mol. The van der Waals surface area contributed by atoms with E-state index in [4.69, 9.17) is 16.2 Å². The Hall–Kier alpha value is -1.39. The van der Waals surface area contributed by atoms with Gasteiger partial charge in [-0.25, -0.2) is 0 Å². The van der Waals surface area contributed by atoms with Crippen LogP contribution in [-0.4, -0.2) is 25.2 Å². The number of fused-ring (bicyclic) bond motifs is 1. The van der Waals surface area contributed by atoms with E-state index < -0.39 is 5.91 Å². The maximum Gasteiger partial charge on any atom is 0.248 e. The van der Waals surface area contributed by atoms with Gasteiger partial charge in [-0.05, 0) is 23.3 Å². The number of benzene rings is 1. The molecule has 18 heavy (non-hydrogen) atoms. The van der Waals surface area contributed by atoms with Gasteiger partial charge < -0.3 is 16.2 Å². The fourth-order valence-corrected chi connectivity index (χ4v) is 2.73. The third kappa shape index (κ3) is 1.91. The number of primary amides is 1. The number of carbonyl (C=O) groups is 1. The summed E-state index contributed by atoms with van der Waals surface area (Å²) in [5, 5.41) is 0. The van der Waals surface area contributed by atoms with Gasteiger partial charge in [0.1, 0.15) is 0 Å². The molecule has 98 valence electrons. The molecule has 0 radical (unpaired) electrons. The number of rotatable bonds is 2. The van der Waals surface area contributed by atoms with E-state index in [1.165, 1.54) is 5.56 Å². The van der Waals surface area contributed by atoms with Crippen molar-refractivity contribution in [3.8, 4) is 0 Å². The lowest BCUT2D eigenvalue weighted by atomic mass is 9.68. The van der Waals surface area contributed by atoms with Crippen molar-refractivity contribution in [1.29, 1.82) is 0 Å². The molecule has 0 saturated carbocycles. The summed E-state index contributed by atoms with van der Waals surface area (Å²) < 4.78 is 5.46. The second-order valence-corrected chi connectivity index (χ2v) is 5.46. The summed E-state index contributed by atoms with van der Waals surface area (Å²) in [5.74, 6) is -0.406. The number of hydrogen-bond acceptors (Lipinski definition) is 3. The normalized spacial score (nSPS) is 25.6. The summed E-state index contributed by atoms with van der Waals surface area (Å²) in [5.41, 5.74) is 14.2. The zero-order valence-electron chi connectivity index (χ0n) is 11.1. The second kappa shape index (κ2) is 4.37. The zero-order valence-corrected chi connectivity index (χ0v) is 11.1. The van der Waals surface area contributed by atoms with Crippen LogP contribution in [0.1, 0.15) is 35.3 Å². The van der Waals surface area contributed by atoms with Gasteiger partial charge in [-0.2, -0.15) is 0 Å². The molecule has 0 aliphatic heterocycles. The fourth-order valence-electron chi connectivity index (χ4n) is 2.73. The summed E-state index contributed by atoms with van der Waals surface area (Å²) in [7, 11) is 1.68. The minimum atomic E-state index is -0.406. The first-order chi connectivity index (χ1) is 8.37. The van der Waals surface area contributed by atoms with Gasteiger partial charge in [0.25, 0.3) is 0 Å². The van der Waals surface area contributed by atoms with Crippen molar-refractivity contribution in [1.82, 2.24) is 0 Å². The summed E-state index contributed by atoms with van der Waals surface area (Å²) in [6.45, 7) is 4.15. The summed E-state index contributed by atoms with van der Waals surface area (Å²) >= 11 is 0. The Morgan fingerprint density at radius 3 is 2.67 bits per heavy atom. The van der Waals surface area contributed by atoms with Gasteiger partial charge >= 0.3 is 0 Å². The lowest BCUT2D eigenvalue weighted by Gasteiger charge is -2.42. The van der Waals surface area contributed by atoms with Gasteiger partial charge in [0.15, 0.2) is 0 Å². The van der Waals surface area contributed by atoms with Crippen molar-refractivity contribution in [2.45, 2.75) is 37.8 Å². The molecule has 0 spiro atoms. The minimum absolute atomic E-state index is 0.00641. The molecular formula is C14H20N2O2. The molecule has 1 amide bonds. The van der Waals surface area contributed by atoms with Crippen LogP contribution in [0.25, 0.3) is 0 Å². The van der Waals surface area contributed by atoms with Crippen LogP contribution in [0.2, 0.25) is 0 Å². The number of amides is 1. The van der Waals surface area contributed by atoms with E-state index in [9.17, 15) is 4.79 Å². The van der Waals surface area contributed by atoms with E-state index in [-0.39, 0.29) is 17.6 Å². The maximum atomic E-state index is 11.3. The van der Waals surface area contributed by atoms with Crippen LogP contribution in [0.3, 0.4) is 0 Å². The lowest BCUT2D eigenvalue weighted by molar-refractivity contribution is 0.0506. The second-order valence-electron chi connectivity index (χ2n) is 5.46. The Morgan fingerprint density at radius 1 is 1.44 bits per heavy atom. The quantitative estimate of drug-likeness (QED) is 0.818. The van der Waals surface area contributed by atoms with Crippen molar-refractivity contribution < 1.29 is 9.53 Å². The first-order valence-electron chi connectivity index (χ1n) is 6.09. The Kier molecular flexibility index (Phi) is 3.17. The van der Waals surface area contributed by atoms with E-state index in [0.29, 0.717) is 5.56 Å². The zero-order chi connectivity index (χ0) is 13.5. The highest BCUT2D eigenvalue weighted by atomic mass is 16.5. The number of carbonyl (C=O) groups excluding carboxylic acids is 1. The van der Waals surface area contributed by atoms with Gasteiger partial charge in [-0.15, -0.1) is 0 Å². The van der Waals surface area contributed by atoms with E-state index in [1.54, 1.807) is 13.2 Å². The first kappa shape index (κ1) is 13.1. The van der Waals surface area contributed by atoms with E-state index in [1.807, 2.05) is 12.1 Å². The van der Waals surface area contributed by atoms with E-state index >= 15 is 0 Å². The fraction of sp³-hybridized carbons (Fsp3) is 0.500. The van der Waals surface area contributed by atoms with Crippen LogP contribution in [-0.2, 0) is 16.6 Å². The third-order valence-electron chi connectivity index (χ3n) is 4.05. The molecule has 0 fully saturated rings. The molecule has 2 rings (SSSR count). The lowest BCUT2D eigenvalue weighted by Crippen LogP contribution is -2.54. The number of nitrogens with two attached hydrogens (primary N) is 2. The summed E-state index contributed by atoms with van der Waals surface area (Å²) in [6.07, 6.45) is 0.780. The molecule has 0 aromatic heterocycles. The van der Waals surface area contributed by atoms with Gasteiger partial charge in [0, 0.05) is 30.6 Å². The molecule has 0 bridgehead atoms. The SMILES string of the molecule is CO[C@@H]1Cc2ccc(C(N)=O)cc2C(C)(C)[C@H]1N. The number of ether oxygens (including phenoxy) is 1. The van der Waals surface area contributed by atoms with Gasteiger partial charge in [-0.1, -0.05) is 19.9 Å². The molecule has 4 heteroatoms. The highest BCUT2D eigenvalue weighted by Crippen LogP contribution is 2.37. The standard InChI is InChI=1S/C14H20N2O2/c1-14(2)10-6-9(13(16)17)5-4-8(10)7-11(18-3)12(14)15/h4-6,11-12H,7,15H2,1-3H3,(H2,16,17)/t11-,12+/m1/s1. The molecule has 1 aliphatic rings. The highest BCUT2D eigenvalue weighted by molar-refractivity contribution is 5.93. The minimum Gasteiger partial charge on any atom is -0.379 e. The van der Waals surface area contributed by atoms with Crippen LogP contribution in [0, 0.1) is 0 Å². The van der Waals surface area contributed by atoms with Crippen molar-refractivity contribution in [3.05, 3.63) is 34.9 Å². The topological polar surface area (TPSA) is 78.3 Å². The largest absolute Gasteiger partial charge is 0.379 e. The Labute approximate surface area is 107 Å². The van der Waals surface area contributed by atoms with Gasteiger partial charge in [-0.3, -0.25) is 4.79 Å². The third-order valence-corrected chi connectivity index (χ3v) is 4.05. The van der Waals surface area contributed by atoms with Crippen LogP contribution < -0.4 is 11.5 Å². The molecule has 0 heterocycles. The molecule has 4 N–H and O–H groups in total. The molecule has 4 nitrogen and oxygen atoms in total. The molecule has 1 aromatic rings. The Morgan fingerprint density at radius 2 is 2.11 bits per heavy atom. The maximum absolute atomic E-state index is 11.3. The van der Waals surface area contributed by atoms with Crippen molar-refractivity contribution in [2.75, 3.05) is 7.11 Å². The summed E-state index contributed by atoms with van der Waals surface area (Å²) in [6, 6.07) is 5.48. The number of methoxy groups -OCH3 is 1. The predicted octanol–water partition coefficient (Wildman–Crippen LogP) is 0.962. The Bertz CT molecular complexity index is 483. The Balaban J connectivity index is 2.53. The van der Waals surface area contributed by atoms with Crippen molar-refractivity contribution >= 4 is 5.91 Å². The van der Waals surface area contributed by atoms with Crippen molar-refractivity contribution in [2.24, 2.45) is 11.5 Å².